The number of pyridine rings is 1. The molecule has 2 heterocycles. The summed E-state index contributed by atoms with van der Waals surface area (Å²) in [7, 11) is 1.47. The van der Waals surface area contributed by atoms with Gasteiger partial charge in [-0.2, -0.15) is 10.2 Å². The second kappa shape index (κ2) is 10.1. The van der Waals surface area contributed by atoms with Crippen molar-refractivity contribution in [3.05, 3.63) is 98.9 Å². The Balaban J connectivity index is 1.83. The van der Waals surface area contributed by atoms with Crippen LogP contribution in [0.2, 0.25) is 5.02 Å². The van der Waals surface area contributed by atoms with Crippen LogP contribution < -0.4 is 20.3 Å². The zero-order chi connectivity index (χ0) is 24.9. The highest BCUT2D eigenvalue weighted by Gasteiger charge is 2.19. The fraction of sp³-hybridized carbons (Fsp3) is 0.0769. The number of methoxy groups -OCH3 is 1. The molecule has 9 heteroatoms. The lowest BCUT2D eigenvalue weighted by molar-refractivity contribution is -0.112. The van der Waals surface area contributed by atoms with Gasteiger partial charge < -0.3 is 14.8 Å². The third-order valence-electron chi connectivity index (χ3n) is 5.09. The summed E-state index contributed by atoms with van der Waals surface area (Å²) in [4.78, 5) is 30.8. The first-order valence-electron chi connectivity index (χ1n) is 10.4. The molecule has 4 rings (SSSR count). The Morgan fingerprint density at radius 3 is 2.60 bits per heavy atom. The number of carbonyl (C=O) groups is 1. The quantitative estimate of drug-likeness (QED) is 0.303. The standard InChI is InChI=1S/C26H19ClN4O4/c1-16-6-5-13-31-23(16)30-25(35-19-11-9-18(27)10-12-19)20(26(31)33)14-17(15-28)24(32)29-21-7-3-4-8-22(21)34-2/h3-14H,1-2H3,(H,29,32)/b17-14-. The van der Waals surface area contributed by atoms with Gasteiger partial charge >= 0.3 is 0 Å². The molecule has 2 aromatic heterocycles. The molecule has 174 valence electrons. The van der Waals surface area contributed by atoms with E-state index in [2.05, 4.69) is 10.3 Å². The first-order valence-corrected chi connectivity index (χ1v) is 10.8. The molecule has 1 N–H and O–H groups in total. The van der Waals surface area contributed by atoms with Gasteiger partial charge in [-0.3, -0.25) is 14.0 Å². The topological polar surface area (TPSA) is 106 Å². The summed E-state index contributed by atoms with van der Waals surface area (Å²) in [5.41, 5.74) is 0.632. The number of para-hydroxylation sites is 2. The number of anilines is 1. The number of hydrogen-bond donors (Lipinski definition) is 1. The van der Waals surface area contributed by atoms with Crippen LogP contribution in [0, 0.1) is 18.3 Å². The summed E-state index contributed by atoms with van der Waals surface area (Å²) in [6, 6.07) is 18.6. The molecule has 0 saturated heterocycles. The number of nitrogens with zero attached hydrogens (tertiary/aromatic N) is 3. The van der Waals surface area contributed by atoms with Crippen LogP contribution >= 0.6 is 11.6 Å². The lowest BCUT2D eigenvalue weighted by Gasteiger charge is -2.12. The summed E-state index contributed by atoms with van der Waals surface area (Å²) in [5.74, 6) is 0.0336. The molecule has 1 amide bonds. The van der Waals surface area contributed by atoms with E-state index in [4.69, 9.17) is 21.1 Å². The maximum atomic E-state index is 13.4. The van der Waals surface area contributed by atoms with Crippen molar-refractivity contribution in [3.63, 3.8) is 0 Å². The van der Waals surface area contributed by atoms with Crippen LogP contribution in [0.4, 0.5) is 5.69 Å². The minimum atomic E-state index is -0.719. The van der Waals surface area contributed by atoms with Crippen LogP contribution in [0.1, 0.15) is 11.1 Å². The fourth-order valence-electron chi connectivity index (χ4n) is 3.34. The van der Waals surface area contributed by atoms with E-state index in [9.17, 15) is 14.9 Å². The van der Waals surface area contributed by atoms with Gasteiger partial charge in [0.2, 0.25) is 5.88 Å². The lowest BCUT2D eigenvalue weighted by Crippen LogP contribution is -2.20. The molecule has 0 saturated carbocycles. The van der Waals surface area contributed by atoms with E-state index in [1.807, 2.05) is 19.1 Å². The molecule has 4 aromatic rings. The molecule has 35 heavy (non-hydrogen) atoms. The summed E-state index contributed by atoms with van der Waals surface area (Å²) in [6.07, 6.45) is 2.72. The van der Waals surface area contributed by atoms with Gasteiger partial charge in [-0.15, -0.1) is 0 Å². The van der Waals surface area contributed by atoms with E-state index in [1.165, 1.54) is 17.6 Å². The summed E-state index contributed by atoms with van der Waals surface area (Å²) >= 11 is 5.96. The Morgan fingerprint density at radius 1 is 1.14 bits per heavy atom. The number of nitriles is 1. The Bertz CT molecular complexity index is 1550. The SMILES string of the molecule is COc1ccccc1NC(=O)/C(C#N)=C\c1c(Oc2ccc(Cl)cc2)nc2c(C)cccn2c1=O. The average molecular weight is 487 g/mol. The zero-order valence-corrected chi connectivity index (χ0v) is 19.5. The number of aromatic nitrogens is 2. The summed E-state index contributed by atoms with van der Waals surface area (Å²) < 4.78 is 12.5. The Hall–Kier alpha value is -4.61. The number of amides is 1. The first kappa shape index (κ1) is 23.5. The molecule has 0 bridgehead atoms. The van der Waals surface area contributed by atoms with E-state index in [1.54, 1.807) is 60.8 Å². The second-order valence-corrected chi connectivity index (χ2v) is 7.84. The Labute approximate surface area is 205 Å². The number of nitrogens with one attached hydrogen (secondary N) is 1. The van der Waals surface area contributed by atoms with Crippen molar-refractivity contribution in [3.8, 4) is 23.4 Å². The molecule has 0 radical (unpaired) electrons. The predicted octanol–water partition coefficient (Wildman–Crippen LogP) is 5.00. The molecular formula is C26H19ClN4O4. The van der Waals surface area contributed by atoms with Crippen LogP contribution in [-0.2, 0) is 4.79 Å². The number of rotatable bonds is 6. The van der Waals surface area contributed by atoms with Crippen LogP contribution in [0.25, 0.3) is 11.7 Å². The van der Waals surface area contributed by atoms with Gasteiger partial charge in [0.05, 0.1) is 12.8 Å². The zero-order valence-electron chi connectivity index (χ0n) is 18.8. The molecule has 0 aliphatic carbocycles. The van der Waals surface area contributed by atoms with Crippen molar-refractivity contribution >= 4 is 34.9 Å². The predicted molar refractivity (Wildman–Crippen MR) is 133 cm³/mol. The van der Waals surface area contributed by atoms with Crippen LogP contribution in [-0.4, -0.2) is 22.4 Å². The third-order valence-corrected chi connectivity index (χ3v) is 5.34. The normalized spacial score (nSPS) is 11.1. The van der Waals surface area contributed by atoms with Gasteiger partial charge in [-0.1, -0.05) is 29.8 Å². The maximum Gasteiger partial charge on any atom is 0.269 e. The molecule has 0 atom stereocenters. The van der Waals surface area contributed by atoms with E-state index in [0.29, 0.717) is 27.9 Å². The van der Waals surface area contributed by atoms with Gasteiger partial charge in [0.1, 0.15) is 34.4 Å². The Morgan fingerprint density at radius 2 is 1.89 bits per heavy atom. The van der Waals surface area contributed by atoms with E-state index in [-0.39, 0.29) is 17.0 Å². The number of carbonyl (C=O) groups excluding carboxylic acids is 1. The van der Waals surface area contributed by atoms with Crippen molar-refractivity contribution in [1.29, 1.82) is 5.26 Å². The minimum absolute atomic E-state index is 0.0514. The highest BCUT2D eigenvalue weighted by atomic mass is 35.5. The van der Waals surface area contributed by atoms with Gasteiger partial charge in [-0.25, -0.2) is 0 Å². The highest BCUT2D eigenvalue weighted by molar-refractivity contribution is 6.30. The molecule has 0 unspecified atom stereocenters. The fourth-order valence-corrected chi connectivity index (χ4v) is 3.46. The van der Waals surface area contributed by atoms with Crippen molar-refractivity contribution in [1.82, 2.24) is 9.38 Å². The number of fused-ring (bicyclic) bond motifs is 1. The van der Waals surface area contributed by atoms with Crippen LogP contribution in [0.5, 0.6) is 17.4 Å². The van der Waals surface area contributed by atoms with Crippen molar-refractivity contribution in [2.24, 2.45) is 0 Å². The molecule has 2 aromatic carbocycles. The molecular weight excluding hydrogens is 468 g/mol. The Kier molecular flexibility index (Phi) is 6.81. The molecule has 0 aliphatic rings. The van der Waals surface area contributed by atoms with Crippen molar-refractivity contribution < 1.29 is 14.3 Å². The van der Waals surface area contributed by atoms with Gasteiger partial charge in [0.15, 0.2) is 0 Å². The van der Waals surface area contributed by atoms with Gasteiger partial charge in [0, 0.05) is 11.2 Å². The van der Waals surface area contributed by atoms with Gasteiger partial charge in [-0.05, 0) is 61.0 Å². The number of hydrogen-bond acceptors (Lipinski definition) is 6. The molecule has 0 spiro atoms. The number of benzene rings is 2. The molecule has 8 nitrogen and oxygen atoms in total. The molecule has 0 aliphatic heterocycles. The van der Waals surface area contributed by atoms with Crippen LogP contribution in [0.15, 0.2) is 77.2 Å². The monoisotopic (exact) mass is 486 g/mol. The number of halogens is 1. The second-order valence-electron chi connectivity index (χ2n) is 7.40. The number of ether oxygens (including phenoxy) is 2. The van der Waals surface area contributed by atoms with Crippen molar-refractivity contribution in [2.75, 3.05) is 12.4 Å². The summed E-state index contributed by atoms with van der Waals surface area (Å²) in [6.45, 7) is 1.81. The molecule has 0 fully saturated rings. The van der Waals surface area contributed by atoms with Crippen LogP contribution in [0.3, 0.4) is 0 Å². The smallest absolute Gasteiger partial charge is 0.269 e. The van der Waals surface area contributed by atoms with E-state index >= 15 is 0 Å². The third kappa shape index (κ3) is 5.00. The minimum Gasteiger partial charge on any atom is -0.495 e. The summed E-state index contributed by atoms with van der Waals surface area (Å²) in [5, 5.41) is 12.9. The average Bonchev–Trinajstić information content (AvgIpc) is 2.86. The van der Waals surface area contributed by atoms with Gasteiger partial charge in [0.25, 0.3) is 11.5 Å². The largest absolute Gasteiger partial charge is 0.495 e. The maximum absolute atomic E-state index is 13.4. The highest BCUT2D eigenvalue weighted by Crippen LogP contribution is 2.27. The van der Waals surface area contributed by atoms with E-state index in [0.717, 1.165) is 5.56 Å². The lowest BCUT2D eigenvalue weighted by atomic mass is 10.1. The number of aryl methyl sites for hydroxylation is 1. The van der Waals surface area contributed by atoms with Crippen molar-refractivity contribution in [2.45, 2.75) is 6.92 Å². The van der Waals surface area contributed by atoms with E-state index < -0.39 is 11.5 Å². The first-order chi connectivity index (χ1) is 16.9.